The number of hydrogen-bond donors (Lipinski definition) is 3. The van der Waals surface area contributed by atoms with Gasteiger partial charge in [-0.3, -0.25) is 14.9 Å². The van der Waals surface area contributed by atoms with Gasteiger partial charge in [0, 0.05) is 24.4 Å². The summed E-state index contributed by atoms with van der Waals surface area (Å²) in [6.07, 6.45) is 2.22. The van der Waals surface area contributed by atoms with Crippen molar-refractivity contribution < 1.29 is 9.59 Å². The molecule has 3 heterocycles. The Labute approximate surface area is 156 Å². The van der Waals surface area contributed by atoms with E-state index in [0.717, 1.165) is 18.5 Å². The number of rotatable bonds is 5. The average Bonchev–Trinajstić information content (AvgIpc) is 3.14. The predicted octanol–water partition coefficient (Wildman–Crippen LogP) is 2.66. The monoisotopic (exact) mass is 373 g/mol. The maximum absolute atomic E-state index is 12.5. The predicted molar refractivity (Wildman–Crippen MR) is 100 cm³/mol. The molecule has 4 rings (SSSR count). The summed E-state index contributed by atoms with van der Waals surface area (Å²) >= 11 is 1.39. The smallest absolute Gasteiger partial charge is 0.266 e. The molecule has 2 unspecified atom stereocenters. The second-order valence-electron chi connectivity index (χ2n) is 7.30. The Morgan fingerprint density at radius 3 is 2.88 bits per heavy atom. The van der Waals surface area contributed by atoms with Gasteiger partial charge in [-0.2, -0.15) is 5.10 Å². The van der Waals surface area contributed by atoms with E-state index in [2.05, 4.69) is 34.9 Å². The molecule has 2 aliphatic rings. The van der Waals surface area contributed by atoms with Gasteiger partial charge in [-0.1, -0.05) is 19.9 Å². The third-order valence-electron chi connectivity index (χ3n) is 4.86. The molecule has 0 radical (unpaired) electrons. The topological polar surface area (TPSA) is 88.1 Å². The summed E-state index contributed by atoms with van der Waals surface area (Å²) in [5.41, 5.74) is 0.967. The van der Waals surface area contributed by atoms with Gasteiger partial charge in [-0.15, -0.1) is 11.3 Å². The number of nitrogens with one attached hydrogen (secondary N) is 3. The number of anilines is 1. The van der Waals surface area contributed by atoms with Crippen molar-refractivity contribution in [3.63, 3.8) is 0 Å². The Kier molecular flexibility index (Phi) is 4.54. The van der Waals surface area contributed by atoms with E-state index in [9.17, 15) is 9.59 Å². The summed E-state index contributed by atoms with van der Waals surface area (Å²) in [4.78, 5) is 25.3. The Balaban J connectivity index is 1.61. The van der Waals surface area contributed by atoms with Crippen molar-refractivity contribution in [2.24, 2.45) is 5.92 Å². The third kappa shape index (κ3) is 3.52. The molecule has 2 aromatic rings. The van der Waals surface area contributed by atoms with Crippen molar-refractivity contribution in [2.75, 3.05) is 5.32 Å². The number of carbonyl (C=O) groups excluding carboxylic acids is 2. The van der Waals surface area contributed by atoms with Crippen LogP contribution in [-0.2, 0) is 4.79 Å². The molecule has 0 bridgehead atoms. The first-order chi connectivity index (χ1) is 12.5. The van der Waals surface area contributed by atoms with Crippen LogP contribution in [0.1, 0.15) is 60.7 Å². The van der Waals surface area contributed by atoms with Crippen molar-refractivity contribution in [1.29, 1.82) is 0 Å². The highest BCUT2D eigenvalue weighted by Gasteiger charge is 2.33. The molecule has 26 heavy (non-hydrogen) atoms. The van der Waals surface area contributed by atoms with Crippen LogP contribution in [0.15, 0.2) is 23.6 Å². The minimum Gasteiger partial charge on any atom is -0.322 e. The molecule has 1 saturated carbocycles. The summed E-state index contributed by atoms with van der Waals surface area (Å²) in [6, 6.07) is 5.64. The first-order valence-electron chi connectivity index (χ1n) is 9.01. The number of nitrogens with zero attached hydrogens (tertiary/aromatic N) is 2. The van der Waals surface area contributed by atoms with Crippen LogP contribution >= 0.6 is 11.3 Å². The van der Waals surface area contributed by atoms with E-state index in [-0.39, 0.29) is 17.9 Å². The normalized spacial score (nSPS) is 23.1. The van der Waals surface area contributed by atoms with Gasteiger partial charge in [0.25, 0.3) is 5.91 Å². The molecule has 2 amide bonds. The molecule has 138 valence electrons. The number of aromatic nitrogens is 2. The highest BCUT2D eigenvalue weighted by molar-refractivity contribution is 7.12. The second kappa shape index (κ2) is 6.85. The highest BCUT2D eigenvalue weighted by Crippen LogP contribution is 2.40. The minimum atomic E-state index is -0.463. The first-order valence-corrected chi connectivity index (χ1v) is 9.89. The van der Waals surface area contributed by atoms with E-state index in [1.165, 1.54) is 11.3 Å². The standard InChI is InChI=1S/C18H23N5O2S/c1-10(2)12-9-16(24)21-18(19-12)23-15(8-13(22-23)11-5-6-11)20-17(25)14-4-3-7-26-14/h3-4,7-8,10-12,18-19H,5-6,9H2,1-2H3,(H,20,25)(H,21,24). The Hall–Kier alpha value is -2.19. The fraction of sp³-hybridized carbons (Fsp3) is 0.500. The number of thiophene rings is 1. The van der Waals surface area contributed by atoms with E-state index in [1.54, 1.807) is 10.7 Å². The molecule has 2 atom stereocenters. The molecule has 0 aromatic carbocycles. The van der Waals surface area contributed by atoms with Gasteiger partial charge < -0.3 is 10.6 Å². The van der Waals surface area contributed by atoms with Crippen molar-refractivity contribution in [3.05, 3.63) is 34.2 Å². The Bertz CT molecular complexity index is 810. The van der Waals surface area contributed by atoms with Crippen molar-refractivity contribution >= 4 is 29.0 Å². The molecule has 1 aliphatic carbocycles. The molecule has 3 N–H and O–H groups in total. The van der Waals surface area contributed by atoms with Crippen molar-refractivity contribution in [3.8, 4) is 0 Å². The fourth-order valence-electron chi connectivity index (χ4n) is 3.14. The lowest BCUT2D eigenvalue weighted by Gasteiger charge is -2.34. The van der Waals surface area contributed by atoms with Crippen LogP contribution < -0.4 is 16.0 Å². The van der Waals surface area contributed by atoms with Crippen LogP contribution in [0.25, 0.3) is 0 Å². The largest absolute Gasteiger partial charge is 0.322 e. The SMILES string of the molecule is CC(C)C1CC(=O)NC(n2nc(C3CC3)cc2NC(=O)c2cccs2)N1. The third-order valence-corrected chi connectivity index (χ3v) is 5.73. The number of hydrogen-bond acceptors (Lipinski definition) is 5. The maximum atomic E-state index is 12.5. The van der Waals surface area contributed by atoms with Crippen LogP contribution in [0.3, 0.4) is 0 Å². The van der Waals surface area contributed by atoms with Gasteiger partial charge in [0.1, 0.15) is 5.82 Å². The lowest BCUT2D eigenvalue weighted by molar-refractivity contribution is -0.126. The fourth-order valence-corrected chi connectivity index (χ4v) is 3.76. The zero-order chi connectivity index (χ0) is 18.3. The zero-order valence-electron chi connectivity index (χ0n) is 14.9. The zero-order valence-corrected chi connectivity index (χ0v) is 15.7. The summed E-state index contributed by atoms with van der Waals surface area (Å²) < 4.78 is 1.70. The molecule has 7 nitrogen and oxygen atoms in total. The van der Waals surface area contributed by atoms with E-state index in [0.29, 0.717) is 29.0 Å². The summed E-state index contributed by atoms with van der Waals surface area (Å²) in [6.45, 7) is 4.18. The Morgan fingerprint density at radius 2 is 2.23 bits per heavy atom. The van der Waals surface area contributed by atoms with Gasteiger partial charge in [0.2, 0.25) is 5.91 Å². The van der Waals surface area contributed by atoms with Gasteiger partial charge in [0.05, 0.1) is 10.6 Å². The molecule has 2 fully saturated rings. The van der Waals surface area contributed by atoms with Crippen molar-refractivity contribution in [1.82, 2.24) is 20.4 Å². The van der Waals surface area contributed by atoms with Crippen LogP contribution in [0.5, 0.6) is 0 Å². The van der Waals surface area contributed by atoms with Gasteiger partial charge in [-0.05, 0) is 30.2 Å². The molecule has 1 saturated heterocycles. The second-order valence-corrected chi connectivity index (χ2v) is 8.24. The van der Waals surface area contributed by atoms with Gasteiger partial charge in [0.15, 0.2) is 6.29 Å². The van der Waals surface area contributed by atoms with E-state index < -0.39 is 6.29 Å². The molecular weight excluding hydrogens is 350 g/mol. The maximum Gasteiger partial charge on any atom is 0.266 e. The summed E-state index contributed by atoms with van der Waals surface area (Å²) in [7, 11) is 0. The average molecular weight is 373 g/mol. The number of carbonyl (C=O) groups is 2. The molecule has 0 spiro atoms. The molecule has 2 aromatic heterocycles. The van der Waals surface area contributed by atoms with Crippen LogP contribution in [-0.4, -0.2) is 27.6 Å². The van der Waals surface area contributed by atoms with E-state index in [1.807, 2.05) is 17.5 Å². The van der Waals surface area contributed by atoms with Crippen LogP contribution in [0, 0.1) is 5.92 Å². The molecule has 8 heteroatoms. The van der Waals surface area contributed by atoms with E-state index in [4.69, 9.17) is 0 Å². The highest BCUT2D eigenvalue weighted by atomic mass is 32.1. The van der Waals surface area contributed by atoms with Crippen LogP contribution in [0.2, 0.25) is 0 Å². The number of amides is 2. The quantitative estimate of drug-likeness (QED) is 0.752. The minimum absolute atomic E-state index is 0.00791. The van der Waals surface area contributed by atoms with Crippen LogP contribution in [0.4, 0.5) is 5.82 Å². The molecule has 1 aliphatic heterocycles. The van der Waals surface area contributed by atoms with E-state index >= 15 is 0 Å². The summed E-state index contributed by atoms with van der Waals surface area (Å²) in [5, 5.41) is 15.9. The first kappa shape index (κ1) is 17.2. The lowest BCUT2D eigenvalue weighted by atomic mass is 9.99. The summed E-state index contributed by atoms with van der Waals surface area (Å²) in [5.74, 6) is 1.21. The van der Waals surface area contributed by atoms with Crippen molar-refractivity contribution in [2.45, 2.75) is 51.4 Å². The van der Waals surface area contributed by atoms with Gasteiger partial charge >= 0.3 is 0 Å². The Morgan fingerprint density at radius 1 is 1.42 bits per heavy atom. The van der Waals surface area contributed by atoms with Gasteiger partial charge in [-0.25, -0.2) is 4.68 Å². The lowest BCUT2D eigenvalue weighted by Crippen LogP contribution is -2.55. The molecular formula is C18H23N5O2S.